The topological polar surface area (TPSA) is 75.0 Å². The van der Waals surface area contributed by atoms with Crippen LogP contribution in [0, 0.1) is 18.3 Å². The van der Waals surface area contributed by atoms with Gasteiger partial charge >= 0.3 is 0 Å². The summed E-state index contributed by atoms with van der Waals surface area (Å²) < 4.78 is 5.41. The van der Waals surface area contributed by atoms with E-state index in [0.29, 0.717) is 16.4 Å². The van der Waals surface area contributed by atoms with Crippen LogP contribution in [0.25, 0.3) is 0 Å². The first-order valence-corrected chi connectivity index (χ1v) is 8.87. The SMILES string of the molecule is Cc1cccc(Cc2cnc(NC(=O)COc3ccc(C#N)cc3)s2)c1. The predicted octanol–water partition coefficient (Wildman–Crippen LogP) is 3.93. The second-order valence-electron chi connectivity index (χ2n) is 5.77. The van der Waals surface area contributed by atoms with Crippen molar-refractivity contribution in [1.82, 2.24) is 4.98 Å². The van der Waals surface area contributed by atoms with Crippen molar-refractivity contribution in [2.24, 2.45) is 0 Å². The molecule has 3 aromatic rings. The maximum atomic E-state index is 12.0. The van der Waals surface area contributed by atoms with Gasteiger partial charge in [-0.15, -0.1) is 11.3 Å². The van der Waals surface area contributed by atoms with Crippen molar-refractivity contribution in [1.29, 1.82) is 5.26 Å². The largest absolute Gasteiger partial charge is 0.484 e. The number of nitrogens with one attached hydrogen (secondary N) is 1. The minimum Gasteiger partial charge on any atom is -0.484 e. The van der Waals surface area contributed by atoms with Gasteiger partial charge < -0.3 is 4.74 Å². The van der Waals surface area contributed by atoms with Crippen LogP contribution >= 0.6 is 11.3 Å². The summed E-state index contributed by atoms with van der Waals surface area (Å²) in [4.78, 5) is 17.3. The van der Waals surface area contributed by atoms with E-state index in [9.17, 15) is 4.79 Å². The van der Waals surface area contributed by atoms with E-state index in [0.717, 1.165) is 11.3 Å². The van der Waals surface area contributed by atoms with Crippen molar-refractivity contribution in [3.8, 4) is 11.8 Å². The van der Waals surface area contributed by atoms with Gasteiger partial charge in [0, 0.05) is 17.5 Å². The molecule has 1 heterocycles. The van der Waals surface area contributed by atoms with Crippen LogP contribution in [0.3, 0.4) is 0 Å². The molecular weight excluding hydrogens is 346 g/mol. The Kier molecular flexibility index (Phi) is 5.62. The third-order valence-electron chi connectivity index (χ3n) is 3.61. The Morgan fingerprint density at radius 2 is 2.08 bits per heavy atom. The number of nitrogens with zero attached hydrogens (tertiary/aromatic N) is 2. The lowest BCUT2D eigenvalue weighted by atomic mass is 10.1. The fourth-order valence-electron chi connectivity index (χ4n) is 2.40. The quantitative estimate of drug-likeness (QED) is 0.720. The molecule has 0 unspecified atom stereocenters. The first-order chi connectivity index (χ1) is 12.6. The Bertz CT molecular complexity index is 942. The number of nitriles is 1. The van der Waals surface area contributed by atoms with Gasteiger partial charge in [0.25, 0.3) is 5.91 Å². The van der Waals surface area contributed by atoms with Gasteiger partial charge in [0.2, 0.25) is 0 Å². The molecule has 6 heteroatoms. The van der Waals surface area contributed by atoms with Gasteiger partial charge in [0.15, 0.2) is 11.7 Å². The maximum Gasteiger partial charge on any atom is 0.264 e. The van der Waals surface area contributed by atoms with Gasteiger partial charge in [-0.25, -0.2) is 4.98 Å². The molecule has 0 saturated carbocycles. The zero-order valence-electron chi connectivity index (χ0n) is 14.2. The first kappa shape index (κ1) is 17.6. The molecule has 130 valence electrons. The summed E-state index contributed by atoms with van der Waals surface area (Å²) in [5, 5.41) is 12.1. The summed E-state index contributed by atoms with van der Waals surface area (Å²) in [5.74, 6) is 0.268. The first-order valence-electron chi connectivity index (χ1n) is 8.05. The number of thiazole rings is 1. The van der Waals surface area contributed by atoms with Crippen molar-refractivity contribution < 1.29 is 9.53 Å². The monoisotopic (exact) mass is 363 g/mol. The van der Waals surface area contributed by atoms with Crippen molar-refractivity contribution in [3.05, 3.63) is 76.3 Å². The van der Waals surface area contributed by atoms with E-state index < -0.39 is 0 Å². The van der Waals surface area contributed by atoms with Crippen LogP contribution in [0.2, 0.25) is 0 Å². The standard InChI is InChI=1S/C20H17N3O2S/c1-14-3-2-4-16(9-14)10-18-12-22-20(26-18)23-19(24)13-25-17-7-5-15(11-21)6-8-17/h2-9,12H,10,13H2,1H3,(H,22,23,24). The highest BCUT2D eigenvalue weighted by Gasteiger charge is 2.08. The molecular formula is C20H17N3O2S. The third-order valence-corrected chi connectivity index (χ3v) is 4.53. The Balaban J connectivity index is 1.51. The third kappa shape index (κ3) is 4.91. The predicted molar refractivity (Wildman–Crippen MR) is 101 cm³/mol. The number of benzene rings is 2. The highest BCUT2D eigenvalue weighted by Crippen LogP contribution is 2.21. The Hall–Kier alpha value is -3.17. The number of aromatic nitrogens is 1. The summed E-state index contributed by atoms with van der Waals surface area (Å²) >= 11 is 1.45. The molecule has 2 aromatic carbocycles. The highest BCUT2D eigenvalue weighted by molar-refractivity contribution is 7.15. The number of hydrogen-bond acceptors (Lipinski definition) is 5. The smallest absolute Gasteiger partial charge is 0.264 e. The van der Waals surface area contributed by atoms with Crippen LogP contribution in [0.15, 0.2) is 54.7 Å². The highest BCUT2D eigenvalue weighted by atomic mass is 32.1. The van der Waals surface area contributed by atoms with Gasteiger partial charge in [-0.2, -0.15) is 5.26 Å². The zero-order valence-corrected chi connectivity index (χ0v) is 15.0. The number of hydrogen-bond donors (Lipinski definition) is 1. The molecule has 1 amide bonds. The lowest BCUT2D eigenvalue weighted by molar-refractivity contribution is -0.118. The van der Waals surface area contributed by atoms with Gasteiger partial charge in [0.1, 0.15) is 5.75 Å². The second kappa shape index (κ2) is 8.28. The Morgan fingerprint density at radius 3 is 2.81 bits per heavy atom. The summed E-state index contributed by atoms with van der Waals surface area (Å²) in [6, 6.07) is 17.0. The van der Waals surface area contributed by atoms with Crippen LogP contribution in [0.1, 0.15) is 21.6 Å². The van der Waals surface area contributed by atoms with Crippen molar-refractivity contribution in [3.63, 3.8) is 0 Å². The number of rotatable bonds is 6. The average Bonchev–Trinajstić information content (AvgIpc) is 3.07. The summed E-state index contributed by atoms with van der Waals surface area (Å²) in [6.07, 6.45) is 2.57. The van der Waals surface area contributed by atoms with Gasteiger partial charge in [-0.1, -0.05) is 29.8 Å². The molecule has 0 aliphatic rings. The summed E-state index contributed by atoms with van der Waals surface area (Å²) in [7, 11) is 0. The van der Waals surface area contributed by atoms with E-state index in [4.69, 9.17) is 10.00 Å². The molecule has 0 aliphatic heterocycles. The van der Waals surface area contributed by atoms with Gasteiger partial charge in [0.05, 0.1) is 11.6 Å². The lowest BCUT2D eigenvalue weighted by Gasteiger charge is -2.05. The van der Waals surface area contributed by atoms with Crippen molar-refractivity contribution in [2.45, 2.75) is 13.3 Å². The minimum atomic E-state index is -0.272. The Morgan fingerprint density at radius 1 is 1.27 bits per heavy atom. The molecule has 0 spiro atoms. The number of ether oxygens (including phenoxy) is 1. The molecule has 26 heavy (non-hydrogen) atoms. The van der Waals surface area contributed by atoms with Crippen LogP contribution in [-0.4, -0.2) is 17.5 Å². The molecule has 0 radical (unpaired) electrons. The molecule has 0 bridgehead atoms. The molecule has 3 rings (SSSR count). The van der Waals surface area contributed by atoms with E-state index in [2.05, 4.69) is 35.4 Å². The lowest BCUT2D eigenvalue weighted by Crippen LogP contribution is -2.19. The van der Waals surface area contributed by atoms with E-state index in [1.165, 1.54) is 22.5 Å². The number of carbonyl (C=O) groups is 1. The van der Waals surface area contributed by atoms with E-state index in [1.807, 2.05) is 12.1 Å². The maximum absolute atomic E-state index is 12.0. The van der Waals surface area contributed by atoms with E-state index >= 15 is 0 Å². The zero-order chi connectivity index (χ0) is 18.4. The Labute approximate surface area is 155 Å². The van der Waals surface area contributed by atoms with Crippen LogP contribution in [-0.2, 0) is 11.2 Å². The van der Waals surface area contributed by atoms with Crippen LogP contribution in [0.5, 0.6) is 5.75 Å². The molecule has 0 saturated heterocycles. The molecule has 0 atom stereocenters. The molecule has 5 nitrogen and oxygen atoms in total. The van der Waals surface area contributed by atoms with Crippen LogP contribution < -0.4 is 10.1 Å². The number of anilines is 1. The fourth-order valence-corrected chi connectivity index (χ4v) is 3.26. The fraction of sp³-hybridized carbons (Fsp3) is 0.150. The second-order valence-corrected chi connectivity index (χ2v) is 6.89. The normalized spacial score (nSPS) is 10.2. The van der Waals surface area contributed by atoms with E-state index in [1.54, 1.807) is 30.5 Å². The molecule has 0 aliphatic carbocycles. The van der Waals surface area contributed by atoms with Crippen molar-refractivity contribution >= 4 is 22.4 Å². The van der Waals surface area contributed by atoms with E-state index in [-0.39, 0.29) is 12.5 Å². The van der Waals surface area contributed by atoms with Crippen molar-refractivity contribution in [2.75, 3.05) is 11.9 Å². The molecule has 1 aromatic heterocycles. The summed E-state index contributed by atoms with van der Waals surface area (Å²) in [6.45, 7) is 1.95. The summed E-state index contributed by atoms with van der Waals surface area (Å²) in [5.41, 5.74) is 2.99. The molecule has 0 fully saturated rings. The number of carbonyl (C=O) groups excluding carboxylic acids is 1. The van der Waals surface area contributed by atoms with Gasteiger partial charge in [-0.3, -0.25) is 10.1 Å². The minimum absolute atomic E-state index is 0.112. The number of amides is 1. The number of aryl methyl sites for hydroxylation is 1. The van der Waals surface area contributed by atoms with Gasteiger partial charge in [-0.05, 0) is 36.8 Å². The average molecular weight is 363 g/mol. The van der Waals surface area contributed by atoms with Crippen LogP contribution in [0.4, 0.5) is 5.13 Å². The molecule has 1 N–H and O–H groups in total.